The zero-order valence-electron chi connectivity index (χ0n) is 12.9. The molecule has 18 heavy (non-hydrogen) atoms. The van der Waals surface area contributed by atoms with E-state index in [1.54, 1.807) is 0 Å². The molecule has 2 nitrogen and oxygen atoms in total. The highest BCUT2D eigenvalue weighted by atomic mass is 16.5. The fraction of sp³-hybridized carbons (Fsp3) is 1.00. The highest BCUT2D eigenvalue weighted by Crippen LogP contribution is 2.39. The third-order valence-electron chi connectivity index (χ3n) is 4.89. The molecule has 1 saturated carbocycles. The number of nitrogens with zero attached hydrogens (tertiary/aromatic N) is 1. The Balaban J connectivity index is 1.86. The van der Waals surface area contributed by atoms with Crippen LogP contribution in [0.2, 0.25) is 0 Å². The molecule has 2 heteroatoms. The minimum Gasteiger partial charge on any atom is -0.373 e. The normalized spacial score (nSPS) is 39.8. The van der Waals surface area contributed by atoms with E-state index < -0.39 is 0 Å². The predicted octanol–water partition coefficient (Wildman–Crippen LogP) is 3.70. The van der Waals surface area contributed by atoms with Gasteiger partial charge in [-0.2, -0.15) is 0 Å². The average Bonchev–Trinajstić information content (AvgIpc) is 2.27. The van der Waals surface area contributed by atoms with Crippen LogP contribution in [0.1, 0.15) is 60.3 Å². The SMILES string of the molecule is C[C@@H]1CN(C2CCC(C(C)(C)C)CC2)C[C@@H](C)O1. The molecule has 0 N–H and O–H groups in total. The third-order valence-corrected chi connectivity index (χ3v) is 4.89. The Morgan fingerprint density at radius 1 is 0.889 bits per heavy atom. The van der Waals surface area contributed by atoms with Crippen molar-refractivity contribution in [1.82, 2.24) is 4.90 Å². The smallest absolute Gasteiger partial charge is 0.0678 e. The van der Waals surface area contributed by atoms with E-state index in [2.05, 4.69) is 39.5 Å². The summed E-state index contributed by atoms with van der Waals surface area (Å²) in [6, 6.07) is 0.817. The van der Waals surface area contributed by atoms with Gasteiger partial charge in [0, 0.05) is 19.1 Å². The van der Waals surface area contributed by atoms with Crippen LogP contribution in [0.25, 0.3) is 0 Å². The van der Waals surface area contributed by atoms with Crippen LogP contribution in [-0.4, -0.2) is 36.2 Å². The second-order valence-electron chi connectivity index (χ2n) is 7.58. The van der Waals surface area contributed by atoms with Gasteiger partial charge in [0.1, 0.15) is 0 Å². The van der Waals surface area contributed by atoms with E-state index in [-0.39, 0.29) is 0 Å². The molecule has 2 rings (SSSR count). The van der Waals surface area contributed by atoms with E-state index in [1.165, 1.54) is 25.7 Å². The molecular formula is C16H31NO. The summed E-state index contributed by atoms with van der Waals surface area (Å²) in [5, 5.41) is 0. The fourth-order valence-electron chi connectivity index (χ4n) is 3.82. The molecule has 1 heterocycles. The first kappa shape index (κ1) is 14.3. The van der Waals surface area contributed by atoms with Gasteiger partial charge >= 0.3 is 0 Å². The molecule has 1 aliphatic heterocycles. The van der Waals surface area contributed by atoms with E-state index >= 15 is 0 Å². The maximum absolute atomic E-state index is 5.84. The molecule has 2 atom stereocenters. The topological polar surface area (TPSA) is 12.5 Å². The second kappa shape index (κ2) is 5.50. The van der Waals surface area contributed by atoms with Gasteiger partial charge < -0.3 is 4.74 Å². The van der Waals surface area contributed by atoms with Gasteiger partial charge in [0.15, 0.2) is 0 Å². The Morgan fingerprint density at radius 3 is 1.83 bits per heavy atom. The van der Waals surface area contributed by atoms with Crippen molar-refractivity contribution in [2.24, 2.45) is 11.3 Å². The van der Waals surface area contributed by atoms with Crippen LogP contribution in [0.5, 0.6) is 0 Å². The quantitative estimate of drug-likeness (QED) is 0.706. The summed E-state index contributed by atoms with van der Waals surface area (Å²) >= 11 is 0. The molecule has 0 spiro atoms. The first-order chi connectivity index (χ1) is 8.36. The maximum atomic E-state index is 5.84. The average molecular weight is 253 g/mol. The van der Waals surface area contributed by atoms with Gasteiger partial charge in [-0.3, -0.25) is 4.90 Å². The summed E-state index contributed by atoms with van der Waals surface area (Å²) in [6.07, 6.45) is 6.42. The number of rotatable bonds is 1. The van der Waals surface area contributed by atoms with Gasteiger partial charge in [0.05, 0.1) is 12.2 Å². The van der Waals surface area contributed by atoms with Crippen LogP contribution >= 0.6 is 0 Å². The van der Waals surface area contributed by atoms with E-state index in [9.17, 15) is 0 Å². The largest absolute Gasteiger partial charge is 0.373 e. The number of hydrogen-bond donors (Lipinski definition) is 0. The summed E-state index contributed by atoms with van der Waals surface area (Å²) in [5.41, 5.74) is 0.497. The molecule has 0 aromatic rings. The Labute approximate surface area is 113 Å². The molecule has 0 aromatic heterocycles. The number of ether oxygens (including phenoxy) is 1. The van der Waals surface area contributed by atoms with Crippen LogP contribution in [-0.2, 0) is 4.74 Å². The Hall–Kier alpha value is -0.0800. The molecule has 0 unspecified atom stereocenters. The van der Waals surface area contributed by atoms with E-state index in [0.717, 1.165) is 25.0 Å². The number of hydrogen-bond acceptors (Lipinski definition) is 2. The molecular weight excluding hydrogens is 222 g/mol. The van der Waals surface area contributed by atoms with E-state index in [4.69, 9.17) is 4.74 Å². The zero-order chi connectivity index (χ0) is 13.3. The first-order valence-electron chi connectivity index (χ1n) is 7.75. The monoisotopic (exact) mass is 253 g/mol. The van der Waals surface area contributed by atoms with Crippen molar-refractivity contribution in [3.8, 4) is 0 Å². The first-order valence-corrected chi connectivity index (χ1v) is 7.75. The van der Waals surface area contributed by atoms with Gasteiger partial charge in [-0.1, -0.05) is 20.8 Å². The van der Waals surface area contributed by atoms with Gasteiger partial charge in [-0.25, -0.2) is 0 Å². The summed E-state index contributed by atoms with van der Waals surface area (Å²) in [5.74, 6) is 0.921. The summed E-state index contributed by atoms with van der Waals surface area (Å²) in [6.45, 7) is 13.9. The van der Waals surface area contributed by atoms with Gasteiger partial charge in [-0.15, -0.1) is 0 Å². The Bertz CT molecular complexity index is 253. The van der Waals surface area contributed by atoms with Crippen molar-refractivity contribution in [1.29, 1.82) is 0 Å². The molecule has 1 saturated heterocycles. The van der Waals surface area contributed by atoms with Gasteiger partial charge in [-0.05, 0) is 50.9 Å². The van der Waals surface area contributed by atoms with Crippen LogP contribution in [0.4, 0.5) is 0 Å². The highest BCUT2D eigenvalue weighted by molar-refractivity contribution is 4.87. The van der Waals surface area contributed by atoms with Crippen molar-refractivity contribution in [2.75, 3.05) is 13.1 Å². The molecule has 0 radical (unpaired) electrons. The standard InChI is InChI=1S/C16H31NO/c1-12-10-17(11-13(2)18-12)15-8-6-14(7-9-15)16(3,4)5/h12-15H,6-11H2,1-5H3/t12-,13-,14?,15?/m1/s1. The lowest BCUT2D eigenvalue weighted by molar-refractivity contribution is -0.0868. The molecule has 2 fully saturated rings. The van der Waals surface area contributed by atoms with Crippen molar-refractivity contribution >= 4 is 0 Å². The van der Waals surface area contributed by atoms with E-state index in [1.807, 2.05) is 0 Å². The Kier molecular flexibility index (Phi) is 4.38. The maximum Gasteiger partial charge on any atom is 0.0678 e. The lowest BCUT2D eigenvalue weighted by Gasteiger charge is -2.44. The second-order valence-corrected chi connectivity index (χ2v) is 7.58. The van der Waals surface area contributed by atoms with Crippen LogP contribution < -0.4 is 0 Å². The molecule has 0 aromatic carbocycles. The van der Waals surface area contributed by atoms with Crippen LogP contribution in [0.3, 0.4) is 0 Å². The van der Waals surface area contributed by atoms with Gasteiger partial charge in [0.25, 0.3) is 0 Å². The lowest BCUT2D eigenvalue weighted by atomic mass is 9.71. The predicted molar refractivity (Wildman–Crippen MR) is 76.8 cm³/mol. The Morgan fingerprint density at radius 2 is 1.39 bits per heavy atom. The molecule has 2 aliphatic rings. The molecule has 0 bridgehead atoms. The van der Waals surface area contributed by atoms with Gasteiger partial charge in [0.2, 0.25) is 0 Å². The minimum absolute atomic E-state index is 0.411. The summed E-state index contributed by atoms with van der Waals surface area (Å²) in [7, 11) is 0. The lowest BCUT2D eigenvalue weighted by Crippen LogP contribution is -2.51. The fourth-order valence-corrected chi connectivity index (χ4v) is 3.82. The van der Waals surface area contributed by atoms with Crippen molar-refractivity contribution in [3.63, 3.8) is 0 Å². The summed E-state index contributed by atoms with van der Waals surface area (Å²) < 4.78 is 5.84. The van der Waals surface area contributed by atoms with Crippen molar-refractivity contribution < 1.29 is 4.74 Å². The number of morpholine rings is 1. The van der Waals surface area contributed by atoms with Crippen molar-refractivity contribution in [3.05, 3.63) is 0 Å². The van der Waals surface area contributed by atoms with Crippen LogP contribution in [0.15, 0.2) is 0 Å². The molecule has 0 amide bonds. The summed E-state index contributed by atoms with van der Waals surface area (Å²) in [4.78, 5) is 2.69. The van der Waals surface area contributed by atoms with E-state index in [0.29, 0.717) is 17.6 Å². The highest BCUT2D eigenvalue weighted by Gasteiger charge is 2.34. The molecule has 1 aliphatic carbocycles. The van der Waals surface area contributed by atoms with Crippen molar-refractivity contribution in [2.45, 2.75) is 78.6 Å². The molecule has 106 valence electrons. The van der Waals surface area contributed by atoms with Crippen LogP contribution in [0, 0.1) is 11.3 Å². The third kappa shape index (κ3) is 3.48. The zero-order valence-corrected chi connectivity index (χ0v) is 12.9. The minimum atomic E-state index is 0.411.